The van der Waals surface area contributed by atoms with Gasteiger partial charge in [0.05, 0.1) is 16.9 Å². The van der Waals surface area contributed by atoms with Crippen molar-refractivity contribution in [2.45, 2.75) is 65.8 Å². The van der Waals surface area contributed by atoms with Crippen LogP contribution in [0.3, 0.4) is 0 Å². The van der Waals surface area contributed by atoms with Gasteiger partial charge >= 0.3 is 24.0 Å². The van der Waals surface area contributed by atoms with E-state index in [1.165, 1.54) is 4.90 Å². The van der Waals surface area contributed by atoms with Crippen molar-refractivity contribution in [3.8, 4) is 5.75 Å². The van der Waals surface area contributed by atoms with Gasteiger partial charge in [0, 0.05) is 23.6 Å². The lowest BCUT2D eigenvalue weighted by Crippen LogP contribution is -2.56. The molecule has 1 aliphatic carbocycles. The Kier molecular flexibility index (Phi) is 7.69. The number of carbonyl (C=O) groups is 2. The van der Waals surface area contributed by atoms with Crippen LogP contribution in [0.2, 0.25) is 0 Å². The number of likely N-dealkylation sites (tertiary alicyclic amines) is 1. The average molecular weight is 656 g/mol. The number of nitrogens with zero attached hydrogens (tertiary/aromatic N) is 1. The van der Waals surface area contributed by atoms with Crippen molar-refractivity contribution >= 4 is 21.7 Å². The third kappa shape index (κ3) is 4.70. The summed E-state index contributed by atoms with van der Waals surface area (Å²) in [5.74, 6) is -4.35. The van der Waals surface area contributed by atoms with Gasteiger partial charge in [-0.15, -0.1) is 0 Å². The van der Waals surface area contributed by atoms with Gasteiger partial charge in [-0.25, -0.2) is 17.2 Å². The van der Waals surface area contributed by atoms with E-state index in [-0.39, 0.29) is 56.3 Å². The number of ether oxygens (including phenoxy) is 1. The second kappa shape index (κ2) is 10.6. The van der Waals surface area contributed by atoms with E-state index >= 15 is 0 Å². The van der Waals surface area contributed by atoms with Crippen LogP contribution in [0.4, 0.5) is 35.1 Å². The van der Waals surface area contributed by atoms with Crippen molar-refractivity contribution in [1.82, 2.24) is 4.90 Å². The molecule has 2 heterocycles. The number of carboxylic acid groups (broad SMARTS) is 1. The number of hydrogen-bond acceptors (Lipinski definition) is 5. The Labute approximate surface area is 245 Å². The van der Waals surface area contributed by atoms with Crippen LogP contribution >= 0.6 is 0 Å². The van der Waals surface area contributed by atoms with Crippen LogP contribution < -0.4 is 4.74 Å². The topological polar surface area (TPSA) is 101 Å². The van der Waals surface area contributed by atoms with Gasteiger partial charge in [-0.2, -0.15) is 26.3 Å². The van der Waals surface area contributed by atoms with Crippen molar-refractivity contribution in [1.29, 1.82) is 0 Å². The van der Waals surface area contributed by atoms with E-state index in [0.717, 1.165) is 24.3 Å². The minimum Gasteiger partial charge on any atom is -0.491 e. The molecular weight excluding hydrogens is 630 g/mol. The minimum atomic E-state index is -6.43. The molecular formula is C28H25F8NO6S. The highest BCUT2D eigenvalue weighted by Crippen LogP contribution is 2.57. The highest BCUT2D eigenvalue weighted by Gasteiger charge is 2.74. The van der Waals surface area contributed by atoms with Crippen LogP contribution in [0.15, 0.2) is 47.4 Å². The summed E-state index contributed by atoms with van der Waals surface area (Å²) >= 11 is 0. The second-order valence-corrected chi connectivity index (χ2v) is 13.4. The number of rotatable bonds is 5. The molecule has 240 valence electrons. The number of halogens is 8. The maximum Gasteiger partial charge on any atom is 0.435 e. The Hall–Kier alpha value is -3.43. The molecule has 2 fully saturated rings. The number of carboxylic acids is 1. The molecule has 2 aliphatic heterocycles. The number of fused-ring (bicyclic) bond motifs is 3. The van der Waals surface area contributed by atoms with Gasteiger partial charge in [-0.05, 0) is 62.4 Å². The average Bonchev–Trinajstić information content (AvgIpc) is 3.37. The molecule has 1 saturated heterocycles. The van der Waals surface area contributed by atoms with E-state index < -0.39 is 91.0 Å². The molecule has 0 aromatic heterocycles. The van der Waals surface area contributed by atoms with Crippen molar-refractivity contribution < 1.29 is 63.0 Å². The van der Waals surface area contributed by atoms with Gasteiger partial charge in [-0.1, -0.05) is 12.1 Å². The Morgan fingerprint density at radius 1 is 0.886 bits per heavy atom. The van der Waals surface area contributed by atoms with E-state index in [1.54, 1.807) is 0 Å². The Morgan fingerprint density at radius 3 is 2.00 bits per heavy atom. The molecule has 2 aromatic rings. The largest absolute Gasteiger partial charge is 0.491 e. The molecule has 1 saturated carbocycles. The fraction of sp³-hybridized carbons (Fsp3) is 0.500. The summed E-state index contributed by atoms with van der Waals surface area (Å²) in [5, 5.41) is 9.28. The number of sulfone groups is 1. The summed E-state index contributed by atoms with van der Waals surface area (Å²) in [4.78, 5) is 25.8. The maximum atomic E-state index is 14.9. The van der Waals surface area contributed by atoms with Gasteiger partial charge < -0.3 is 14.7 Å². The van der Waals surface area contributed by atoms with Crippen LogP contribution in [-0.2, 0) is 29.8 Å². The first kappa shape index (κ1) is 32.0. The number of alkyl halides is 7. The summed E-state index contributed by atoms with van der Waals surface area (Å²) in [6, 6.07) is 3.28. The van der Waals surface area contributed by atoms with Crippen molar-refractivity contribution in [3.63, 3.8) is 0 Å². The standard InChI is InChI=1S/C28H25F8NO6S/c29-18-6-8-19(9-7-18)44(41,42)25-11-12-37(23(38)15-1-3-16(4-2-15)24(39)40)22(25)14-43-21-13-17(5-10-20(21)25)26(30,27(31,32)33)28(34,35)36/h5-10,13,15-16,22H,1-4,11-12,14H2,(H,39,40). The zero-order valence-electron chi connectivity index (χ0n) is 22.6. The predicted molar refractivity (Wildman–Crippen MR) is 135 cm³/mol. The molecule has 1 amide bonds. The number of carbonyl (C=O) groups excluding carboxylic acids is 1. The van der Waals surface area contributed by atoms with Crippen molar-refractivity contribution in [2.24, 2.45) is 11.8 Å². The molecule has 7 nitrogen and oxygen atoms in total. The molecule has 3 aliphatic rings. The molecule has 44 heavy (non-hydrogen) atoms. The number of aliphatic carboxylic acids is 1. The monoisotopic (exact) mass is 655 g/mol. The SMILES string of the molecule is O=C(O)C1CCC(C(=O)N2CCC3(S(=O)(=O)c4ccc(F)cc4)c4ccc(C(F)(C(F)(F)F)C(F)(F)F)cc4OCC23)CC1. The normalized spacial score (nSPS) is 26.0. The third-order valence-electron chi connectivity index (χ3n) is 8.96. The number of hydrogen-bond donors (Lipinski definition) is 1. The molecule has 5 rings (SSSR count). The maximum absolute atomic E-state index is 14.9. The summed E-state index contributed by atoms with van der Waals surface area (Å²) in [6.45, 7) is -0.879. The Balaban J connectivity index is 1.62. The minimum absolute atomic E-state index is 0.173. The smallest absolute Gasteiger partial charge is 0.435 e. The molecule has 2 aromatic carbocycles. The molecule has 2 unspecified atom stereocenters. The van der Waals surface area contributed by atoms with Crippen molar-refractivity contribution in [3.05, 3.63) is 59.4 Å². The number of benzene rings is 2. The van der Waals surface area contributed by atoms with Crippen molar-refractivity contribution in [2.75, 3.05) is 13.2 Å². The van der Waals surface area contributed by atoms with Gasteiger partial charge in [0.1, 0.15) is 22.9 Å². The van der Waals surface area contributed by atoms with E-state index in [1.807, 2.05) is 0 Å². The Bertz CT molecular complexity index is 1550. The summed E-state index contributed by atoms with van der Waals surface area (Å²) in [5.41, 5.74) is -8.05. The summed E-state index contributed by atoms with van der Waals surface area (Å²) in [7, 11) is -4.67. The highest BCUT2D eigenvalue weighted by atomic mass is 32.2. The zero-order chi connectivity index (χ0) is 32.5. The zero-order valence-corrected chi connectivity index (χ0v) is 23.4. The van der Waals surface area contributed by atoms with Crippen LogP contribution in [-0.4, -0.2) is 61.8 Å². The lowest BCUT2D eigenvalue weighted by atomic mass is 9.81. The van der Waals surface area contributed by atoms with Gasteiger partial charge in [-0.3, -0.25) is 9.59 Å². The quantitative estimate of drug-likeness (QED) is 0.329. The van der Waals surface area contributed by atoms with Gasteiger partial charge in [0.2, 0.25) is 5.91 Å². The summed E-state index contributed by atoms with van der Waals surface area (Å²) in [6.07, 6.45) is -12.4. The van der Waals surface area contributed by atoms with Gasteiger partial charge in [0.15, 0.2) is 9.84 Å². The fourth-order valence-corrected chi connectivity index (χ4v) is 8.92. The van der Waals surface area contributed by atoms with Crippen LogP contribution in [0.5, 0.6) is 5.75 Å². The summed E-state index contributed by atoms with van der Waals surface area (Å²) < 4.78 is 142. The van der Waals surface area contributed by atoms with E-state index in [0.29, 0.717) is 6.07 Å². The molecule has 0 spiro atoms. The van der Waals surface area contributed by atoms with E-state index in [2.05, 4.69) is 0 Å². The molecule has 16 heteroatoms. The molecule has 0 radical (unpaired) electrons. The molecule has 0 bridgehead atoms. The van der Waals surface area contributed by atoms with Gasteiger partial charge in [0.25, 0.3) is 0 Å². The molecule has 2 atom stereocenters. The van der Waals surface area contributed by atoms with E-state index in [4.69, 9.17) is 4.74 Å². The molecule has 1 N–H and O–H groups in total. The second-order valence-electron chi connectivity index (χ2n) is 11.2. The highest BCUT2D eigenvalue weighted by molar-refractivity contribution is 7.92. The lowest BCUT2D eigenvalue weighted by molar-refractivity contribution is -0.348. The first-order chi connectivity index (χ1) is 20.4. The van der Waals surface area contributed by atoms with Crippen LogP contribution in [0.25, 0.3) is 0 Å². The number of amides is 1. The van der Waals surface area contributed by atoms with Crippen LogP contribution in [0, 0.1) is 17.7 Å². The lowest BCUT2D eigenvalue weighted by Gasteiger charge is -2.43. The van der Waals surface area contributed by atoms with E-state index in [9.17, 15) is 58.2 Å². The first-order valence-electron chi connectivity index (χ1n) is 13.5. The van der Waals surface area contributed by atoms with Crippen LogP contribution in [0.1, 0.15) is 43.2 Å². The third-order valence-corrected chi connectivity index (χ3v) is 11.5. The predicted octanol–water partition coefficient (Wildman–Crippen LogP) is 5.67. The fourth-order valence-electron chi connectivity index (χ4n) is 6.63. The first-order valence-corrected chi connectivity index (χ1v) is 15.0. The Morgan fingerprint density at radius 2 is 1.45 bits per heavy atom.